The zero-order chi connectivity index (χ0) is 8.55. The Morgan fingerprint density at radius 2 is 1.92 bits per heavy atom. The highest BCUT2D eigenvalue weighted by Crippen LogP contribution is 2.33. The monoisotopic (exact) mass is 158 g/mol. The summed E-state index contributed by atoms with van der Waals surface area (Å²) in [6.07, 6.45) is 13.3. The van der Waals surface area contributed by atoms with Crippen molar-refractivity contribution in [3.63, 3.8) is 0 Å². The molecule has 0 aromatic rings. The fraction of sp³-hybridized carbons (Fsp3) is 0.333. The van der Waals surface area contributed by atoms with Crippen molar-refractivity contribution < 1.29 is 0 Å². The summed E-state index contributed by atoms with van der Waals surface area (Å²) in [7, 11) is 0. The van der Waals surface area contributed by atoms with E-state index in [9.17, 15) is 0 Å². The first-order valence-electron chi connectivity index (χ1n) is 4.56. The molecule has 0 heteroatoms. The van der Waals surface area contributed by atoms with Crippen molar-refractivity contribution in [2.45, 2.75) is 13.8 Å². The predicted molar refractivity (Wildman–Crippen MR) is 52.8 cm³/mol. The lowest BCUT2D eigenvalue weighted by molar-refractivity contribution is 0.781. The van der Waals surface area contributed by atoms with E-state index in [4.69, 9.17) is 0 Å². The first-order valence-corrected chi connectivity index (χ1v) is 4.56. The van der Waals surface area contributed by atoms with Gasteiger partial charge in [-0.15, -0.1) is 0 Å². The molecule has 0 amide bonds. The van der Waals surface area contributed by atoms with E-state index in [-0.39, 0.29) is 0 Å². The second kappa shape index (κ2) is 2.78. The van der Waals surface area contributed by atoms with Gasteiger partial charge in [0.15, 0.2) is 0 Å². The molecule has 0 spiro atoms. The number of allylic oxidation sites excluding steroid dienone is 8. The summed E-state index contributed by atoms with van der Waals surface area (Å²) < 4.78 is 0. The molecule has 0 heterocycles. The van der Waals surface area contributed by atoms with Crippen LogP contribution in [0.1, 0.15) is 13.8 Å². The smallest absolute Gasteiger partial charge is 0.0207 e. The van der Waals surface area contributed by atoms with Crippen LogP contribution in [0.4, 0.5) is 0 Å². The van der Waals surface area contributed by atoms with Crippen molar-refractivity contribution in [2.75, 3.05) is 0 Å². The first-order chi connectivity index (χ1) is 5.79. The zero-order valence-electron chi connectivity index (χ0n) is 7.62. The molecular formula is C12H14. The second-order valence-corrected chi connectivity index (χ2v) is 3.69. The summed E-state index contributed by atoms with van der Waals surface area (Å²) in [4.78, 5) is 0. The molecule has 0 saturated heterocycles. The molecule has 0 bridgehead atoms. The van der Waals surface area contributed by atoms with Gasteiger partial charge < -0.3 is 0 Å². The Morgan fingerprint density at radius 1 is 1.08 bits per heavy atom. The van der Waals surface area contributed by atoms with Crippen molar-refractivity contribution in [3.05, 3.63) is 47.6 Å². The Labute approximate surface area is 74.0 Å². The SMILES string of the molecule is CC(C)C1=C2C=CC=CC2C=C1. The van der Waals surface area contributed by atoms with Gasteiger partial charge in [0.1, 0.15) is 0 Å². The lowest BCUT2D eigenvalue weighted by atomic mass is 9.92. The average Bonchev–Trinajstić information content (AvgIpc) is 2.47. The molecular weight excluding hydrogens is 144 g/mol. The van der Waals surface area contributed by atoms with Crippen molar-refractivity contribution in [2.24, 2.45) is 11.8 Å². The normalized spacial score (nSPS) is 25.8. The van der Waals surface area contributed by atoms with E-state index >= 15 is 0 Å². The van der Waals surface area contributed by atoms with Crippen LogP contribution < -0.4 is 0 Å². The van der Waals surface area contributed by atoms with E-state index in [1.54, 1.807) is 0 Å². The lowest BCUT2D eigenvalue weighted by Gasteiger charge is -2.12. The van der Waals surface area contributed by atoms with Gasteiger partial charge in [0.25, 0.3) is 0 Å². The predicted octanol–water partition coefficient (Wildman–Crippen LogP) is 3.25. The van der Waals surface area contributed by atoms with Gasteiger partial charge in [0, 0.05) is 5.92 Å². The molecule has 0 aromatic carbocycles. The average molecular weight is 158 g/mol. The third-order valence-electron chi connectivity index (χ3n) is 2.50. The fourth-order valence-electron chi connectivity index (χ4n) is 1.84. The molecule has 0 aliphatic heterocycles. The largest absolute Gasteiger partial charge is 0.0732 e. The third-order valence-corrected chi connectivity index (χ3v) is 2.50. The minimum absolute atomic E-state index is 0.562. The molecule has 0 aromatic heterocycles. The molecule has 0 nitrogen and oxygen atoms in total. The minimum Gasteiger partial charge on any atom is -0.0732 e. The van der Waals surface area contributed by atoms with E-state index in [0.29, 0.717) is 11.8 Å². The van der Waals surface area contributed by atoms with Gasteiger partial charge in [-0.05, 0) is 17.1 Å². The summed E-state index contributed by atoms with van der Waals surface area (Å²) in [5, 5.41) is 0. The van der Waals surface area contributed by atoms with Gasteiger partial charge in [0.05, 0.1) is 0 Å². The Bertz CT molecular complexity index is 298. The van der Waals surface area contributed by atoms with Crippen LogP contribution in [0.3, 0.4) is 0 Å². The van der Waals surface area contributed by atoms with Crippen molar-refractivity contribution >= 4 is 0 Å². The maximum atomic E-state index is 2.28. The van der Waals surface area contributed by atoms with Crippen LogP contribution in [-0.2, 0) is 0 Å². The number of hydrogen-bond donors (Lipinski definition) is 0. The van der Waals surface area contributed by atoms with Crippen LogP contribution >= 0.6 is 0 Å². The maximum Gasteiger partial charge on any atom is 0.0207 e. The van der Waals surface area contributed by atoms with Crippen LogP contribution in [0, 0.1) is 11.8 Å². The van der Waals surface area contributed by atoms with Crippen molar-refractivity contribution in [1.82, 2.24) is 0 Å². The third kappa shape index (κ3) is 1.08. The quantitative estimate of drug-likeness (QED) is 0.549. The van der Waals surface area contributed by atoms with Crippen molar-refractivity contribution in [1.29, 1.82) is 0 Å². The Balaban J connectivity index is 2.40. The molecule has 2 aliphatic carbocycles. The fourth-order valence-corrected chi connectivity index (χ4v) is 1.84. The minimum atomic E-state index is 0.562. The molecule has 2 aliphatic rings. The van der Waals surface area contributed by atoms with Crippen LogP contribution in [0.5, 0.6) is 0 Å². The van der Waals surface area contributed by atoms with Crippen LogP contribution in [0.15, 0.2) is 47.6 Å². The summed E-state index contributed by atoms with van der Waals surface area (Å²) in [5.41, 5.74) is 2.99. The van der Waals surface area contributed by atoms with Crippen LogP contribution in [0.2, 0.25) is 0 Å². The zero-order valence-corrected chi connectivity index (χ0v) is 7.62. The molecule has 62 valence electrons. The molecule has 0 radical (unpaired) electrons. The Kier molecular flexibility index (Phi) is 1.76. The topological polar surface area (TPSA) is 0 Å². The molecule has 12 heavy (non-hydrogen) atoms. The molecule has 2 rings (SSSR count). The van der Waals surface area contributed by atoms with Gasteiger partial charge in [-0.3, -0.25) is 0 Å². The standard InChI is InChI=1S/C12H14/c1-9(2)11-8-7-10-5-3-4-6-12(10)11/h3-10H,1-2H3. The molecule has 0 saturated carbocycles. The summed E-state index contributed by atoms with van der Waals surface area (Å²) in [6, 6.07) is 0. The highest BCUT2D eigenvalue weighted by molar-refractivity contribution is 5.49. The Morgan fingerprint density at radius 3 is 2.67 bits per heavy atom. The molecule has 0 N–H and O–H groups in total. The van der Waals surface area contributed by atoms with E-state index in [2.05, 4.69) is 50.3 Å². The number of rotatable bonds is 1. The molecule has 0 fully saturated rings. The summed E-state index contributed by atoms with van der Waals surface area (Å²) in [5.74, 6) is 1.21. The van der Waals surface area contributed by atoms with Crippen LogP contribution in [-0.4, -0.2) is 0 Å². The van der Waals surface area contributed by atoms with Gasteiger partial charge >= 0.3 is 0 Å². The molecule has 1 atom stereocenters. The van der Waals surface area contributed by atoms with E-state index in [0.717, 1.165) is 0 Å². The highest BCUT2D eigenvalue weighted by atomic mass is 14.2. The summed E-state index contributed by atoms with van der Waals surface area (Å²) >= 11 is 0. The Hall–Kier alpha value is -1.04. The molecule has 1 unspecified atom stereocenters. The second-order valence-electron chi connectivity index (χ2n) is 3.69. The highest BCUT2D eigenvalue weighted by Gasteiger charge is 2.18. The first kappa shape index (κ1) is 7.60. The van der Waals surface area contributed by atoms with Crippen LogP contribution in [0.25, 0.3) is 0 Å². The van der Waals surface area contributed by atoms with Gasteiger partial charge in [-0.2, -0.15) is 0 Å². The van der Waals surface area contributed by atoms with Crippen molar-refractivity contribution in [3.8, 4) is 0 Å². The maximum absolute atomic E-state index is 2.28. The van der Waals surface area contributed by atoms with Gasteiger partial charge in [-0.1, -0.05) is 50.3 Å². The summed E-state index contributed by atoms with van der Waals surface area (Å²) in [6.45, 7) is 4.50. The van der Waals surface area contributed by atoms with E-state index < -0.39 is 0 Å². The lowest BCUT2D eigenvalue weighted by Crippen LogP contribution is -1.99. The van der Waals surface area contributed by atoms with E-state index in [1.807, 2.05) is 0 Å². The van der Waals surface area contributed by atoms with E-state index in [1.165, 1.54) is 11.1 Å². The van der Waals surface area contributed by atoms with Gasteiger partial charge in [0.2, 0.25) is 0 Å². The number of fused-ring (bicyclic) bond motifs is 1. The number of hydrogen-bond acceptors (Lipinski definition) is 0. The van der Waals surface area contributed by atoms with Gasteiger partial charge in [-0.25, -0.2) is 0 Å².